The fourth-order valence-corrected chi connectivity index (χ4v) is 2.27. The first kappa shape index (κ1) is 14.9. The Bertz CT molecular complexity index is 633. The fraction of sp³-hybridized carbons (Fsp3) is 0.385. The number of benzene rings is 1. The Labute approximate surface area is 119 Å². The molecule has 0 saturated carbocycles. The van der Waals surface area contributed by atoms with E-state index in [0.717, 1.165) is 12.1 Å². The molecule has 21 heavy (non-hydrogen) atoms. The molecule has 1 aromatic carbocycles. The van der Waals surface area contributed by atoms with Crippen LogP contribution in [0.25, 0.3) is 0 Å². The van der Waals surface area contributed by atoms with E-state index in [-0.39, 0.29) is 25.1 Å². The summed E-state index contributed by atoms with van der Waals surface area (Å²) in [4.78, 5) is 34.3. The maximum Gasteiger partial charge on any atom is 0.311 e. The molecule has 0 radical (unpaired) electrons. The third kappa shape index (κ3) is 2.69. The van der Waals surface area contributed by atoms with E-state index in [4.69, 9.17) is 5.11 Å². The van der Waals surface area contributed by atoms with Crippen LogP contribution in [0.2, 0.25) is 0 Å². The third-order valence-electron chi connectivity index (χ3n) is 3.67. The molecule has 1 fully saturated rings. The van der Waals surface area contributed by atoms with Crippen molar-refractivity contribution in [2.24, 2.45) is 5.41 Å². The van der Waals surface area contributed by atoms with Gasteiger partial charge in [0.05, 0.1) is 22.0 Å². The summed E-state index contributed by atoms with van der Waals surface area (Å²) in [5, 5.41) is 19.6. The van der Waals surface area contributed by atoms with Gasteiger partial charge in [-0.3, -0.25) is 19.7 Å². The van der Waals surface area contributed by atoms with Gasteiger partial charge in [-0.2, -0.15) is 0 Å². The highest BCUT2D eigenvalue weighted by Gasteiger charge is 2.42. The van der Waals surface area contributed by atoms with Crippen molar-refractivity contribution in [1.82, 2.24) is 4.90 Å². The van der Waals surface area contributed by atoms with E-state index in [1.165, 1.54) is 11.8 Å². The Hall–Kier alpha value is -2.51. The predicted molar refractivity (Wildman–Crippen MR) is 69.3 cm³/mol. The van der Waals surface area contributed by atoms with Crippen molar-refractivity contribution in [1.29, 1.82) is 0 Å². The number of carboxylic acid groups (broad SMARTS) is 1. The highest BCUT2D eigenvalue weighted by atomic mass is 19.1. The van der Waals surface area contributed by atoms with Gasteiger partial charge in [-0.1, -0.05) is 0 Å². The monoisotopic (exact) mass is 296 g/mol. The summed E-state index contributed by atoms with van der Waals surface area (Å²) in [6, 6.07) is 2.77. The smallest absolute Gasteiger partial charge is 0.311 e. The van der Waals surface area contributed by atoms with Gasteiger partial charge in [-0.25, -0.2) is 4.39 Å². The van der Waals surface area contributed by atoms with Crippen molar-refractivity contribution in [2.45, 2.75) is 13.3 Å². The highest BCUT2D eigenvalue weighted by Crippen LogP contribution is 2.31. The molecular weight excluding hydrogens is 283 g/mol. The van der Waals surface area contributed by atoms with Gasteiger partial charge in [-0.05, 0) is 19.4 Å². The molecule has 1 N–H and O–H groups in total. The van der Waals surface area contributed by atoms with Crippen LogP contribution in [0, 0.1) is 21.3 Å². The average molecular weight is 296 g/mol. The summed E-state index contributed by atoms with van der Waals surface area (Å²) in [6.07, 6.45) is 0.280. The average Bonchev–Trinajstić information content (AvgIpc) is 2.82. The van der Waals surface area contributed by atoms with Crippen LogP contribution in [0.1, 0.15) is 23.7 Å². The number of non-ortho nitro benzene ring substituents is 1. The lowest BCUT2D eigenvalue weighted by molar-refractivity contribution is -0.385. The molecule has 112 valence electrons. The van der Waals surface area contributed by atoms with Crippen LogP contribution in [-0.4, -0.2) is 39.9 Å². The Morgan fingerprint density at radius 3 is 2.62 bits per heavy atom. The molecule has 1 unspecified atom stereocenters. The molecule has 1 amide bonds. The Balaban J connectivity index is 2.22. The molecule has 0 bridgehead atoms. The van der Waals surface area contributed by atoms with E-state index in [1.54, 1.807) is 0 Å². The number of likely N-dealkylation sites (tertiary alicyclic amines) is 1. The lowest BCUT2D eigenvalue weighted by atomic mass is 9.90. The Morgan fingerprint density at radius 1 is 1.48 bits per heavy atom. The molecular formula is C13H13FN2O5. The van der Waals surface area contributed by atoms with Crippen molar-refractivity contribution >= 4 is 17.6 Å². The molecule has 0 spiro atoms. The zero-order valence-electron chi connectivity index (χ0n) is 11.2. The molecule has 0 aromatic heterocycles. The van der Waals surface area contributed by atoms with Gasteiger partial charge in [0.2, 0.25) is 0 Å². The summed E-state index contributed by atoms with van der Waals surface area (Å²) < 4.78 is 13.8. The highest BCUT2D eigenvalue weighted by molar-refractivity contribution is 5.95. The number of rotatable bonds is 3. The number of nitro benzene ring substituents is 1. The lowest BCUT2D eigenvalue weighted by Crippen LogP contribution is -2.35. The van der Waals surface area contributed by atoms with Crippen molar-refractivity contribution in [3.05, 3.63) is 39.7 Å². The number of nitro groups is 1. The lowest BCUT2D eigenvalue weighted by Gasteiger charge is -2.20. The van der Waals surface area contributed by atoms with E-state index in [9.17, 15) is 24.1 Å². The number of hydrogen-bond donors (Lipinski definition) is 1. The number of carboxylic acids is 1. The number of carbonyl (C=O) groups is 2. The van der Waals surface area contributed by atoms with Gasteiger partial charge in [0.25, 0.3) is 11.6 Å². The fourth-order valence-electron chi connectivity index (χ4n) is 2.27. The SMILES string of the molecule is CC1(C(=O)O)CCN(C(=O)c2ccc([N+](=O)[O-])cc2F)C1. The summed E-state index contributed by atoms with van der Waals surface area (Å²) >= 11 is 0. The van der Waals surface area contributed by atoms with Gasteiger partial charge >= 0.3 is 5.97 Å². The predicted octanol–water partition coefficient (Wildman–Crippen LogP) is 1.67. The summed E-state index contributed by atoms with van der Waals surface area (Å²) in [6.45, 7) is 1.71. The molecule has 1 aliphatic heterocycles. The molecule has 7 nitrogen and oxygen atoms in total. The quantitative estimate of drug-likeness (QED) is 0.675. The van der Waals surface area contributed by atoms with Gasteiger partial charge in [0.15, 0.2) is 0 Å². The largest absolute Gasteiger partial charge is 0.481 e. The summed E-state index contributed by atoms with van der Waals surface area (Å²) in [7, 11) is 0. The van der Waals surface area contributed by atoms with Crippen molar-refractivity contribution in [3.63, 3.8) is 0 Å². The second-order valence-corrected chi connectivity index (χ2v) is 5.26. The number of hydrogen-bond acceptors (Lipinski definition) is 4. The molecule has 1 aliphatic rings. The molecule has 1 heterocycles. The molecule has 1 atom stereocenters. The van der Waals surface area contributed by atoms with Crippen molar-refractivity contribution in [2.75, 3.05) is 13.1 Å². The van der Waals surface area contributed by atoms with E-state index in [1.807, 2.05) is 0 Å². The van der Waals surface area contributed by atoms with E-state index in [0.29, 0.717) is 6.07 Å². The van der Waals surface area contributed by atoms with Gasteiger partial charge in [-0.15, -0.1) is 0 Å². The summed E-state index contributed by atoms with van der Waals surface area (Å²) in [5.74, 6) is -2.66. The Kier molecular flexibility index (Phi) is 3.63. The first-order valence-electron chi connectivity index (χ1n) is 6.21. The van der Waals surface area contributed by atoms with E-state index >= 15 is 0 Å². The number of carbonyl (C=O) groups excluding carboxylic acids is 1. The summed E-state index contributed by atoms with van der Waals surface area (Å²) in [5.41, 5.74) is -1.79. The van der Waals surface area contributed by atoms with Crippen LogP contribution in [-0.2, 0) is 4.79 Å². The van der Waals surface area contributed by atoms with Crippen LogP contribution in [0.5, 0.6) is 0 Å². The number of nitrogens with zero attached hydrogens (tertiary/aromatic N) is 2. The zero-order valence-corrected chi connectivity index (χ0v) is 11.2. The Morgan fingerprint density at radius 2 is 2.14 bits per heavy atom. The maximum absolute atomic E-state index is 13.8. The number of halogens is 1. The van der Waals surface area contributed by atoms with E-state index < -0.39 is 33.7 Å². The zero-order chi connectivity index (χ0) is 15.8. The molecule has 0 aliphatic carbocycles. The molecule has 1 aromatic rings. The van der Waals surface area contributed by atoms with Gasteiger partial charge in [0, 0.05) is 19.2 Å². The second kappa shape index (κ2) is 5.12. The van der Waals surface area contributed by atoms with Crippen molar-refractivity contribution < 1.29 is 24.0 Å². The number of amides is 1. The van der Waals surface area contributed by atoms with Crippen LogP contribution in [0.4, 0.5) is 10.1 Å². The van der Waals surface area contributed by atoms with Crippen LogP contribution in [0.15, 0.2) is 18.2 Å². The van der Waals surface area contributed by atoms with Gasteiger partial charge < -0.3 is 10.0 Å². The van der Waals surface area contributed by atoms with Crippen LogP contribution < -0.4 is 0 Å². The van der Waals surface area contributed by atoms with Crippen molar-refractivity contribution in [3.8, 4) is 0 Å². The molecule has 2 rings (SSSR count). The maximum atomic E-state index is 13.8. The van der Waals surface area contributed by atoms with Crippen LogP contribution >= 0.6 is 0 Å². The first-order chi connectivity index (χ1) is 9.74. The van der Waals surface area contributed by atoms with Crippen LogP contribution in [0.3, 0.4) is 0 Å². The minimum Gasteiger partial charge on any atom is -0.481 e. The number of aliphatic carboxylic acids is 1. The molecule has 8 heteroatoms. The topological polar surface area (TPSA) is 101 Å². The minimum atomic E-state index is -1.05. The first-order valence-corrected chi connectivity index (χ1v) is 6.21. The third-order valence-corrected chi connectivity index (χ3v) is 3.67. The van der Waals surface area contributed by atoms with Gasteiger partial charge in [0.1, 0.15) is 5.82 Å². The minimum absolute atomic E-state index is 0.0163. The normalized spacial score (nSPS) is 21.3. The van der Waals surface area contributed by atoms with E-state index in [2.05, 4.69) is 0 Å². The second-order valence-electron chi connectivity index (χ2n) is 5.26. The molecule has 1 saturated heterocycles. The standard InChI is InChI=1S/C13H13FN2O5/c1-13(12(18)19)4-5-15(7-13)11(17)9-3-2-8(16(20)21)6-10(9)14/h2-3,6H,4-5,7H2,1H3,(H,18,19).